The SMILES string of the molecule is CC(=O)Nc1nc(CN2CCc3cccc(N)c32)cs1. The van der Waals surface area contributed by atoms with Gasteiger partial charge in [0.15, 0.2) is 5.13 Å². The molecule has 6 heteroatoms. The molecule has 5 nitrogen and oxygen atoms in total. The van der Waals surface area contributed by atoms with Gasteiger partial charge in [-0.05, 0) is 18.1 Å². The van der Waals surface area contributed by atoms with Crippen LogP contribution in [0, 0.1) is 0 Å². The first-order valence-electron chi connectivity index (χ1n) is 6.48. The van der Waals surface area contributed by atoms with Crippen molar-refractivity contribution >= 4 is 33.8 Å². The van der Waals surface area contributed by atoms with Crippen molar-refractivity contribution in [1.29, 1.82) is 0 Å². The van der Waals surface area contributed by atoms with Crippen molar-refractivity contribution in [1.82, 2.24) is 4.98 Å². The Hall–Kier alpha value is -2.08. The van der Waals surface area contributed by atoms with E-state index in [1.165, 1.54) is 23.8 Å². The van der Waals surface area contributed by atoms with E-state index in [-0.39, 0.29) is 5.91 Å². The molecule has 3 N–H and O–H groups in total. The summed E-state index contributed by atoms with van der Waals surface area (Å²) in [6, 6.07) is 6.05. The molecule has 20 heavy (non-hydrogen) atoms. The highest BCUT2D eigenvalue weighted by atomic mass is 32.1. The molecule has 0 unspecified atom stereocenters. The van der Waals surface area contributed by atoms with Crippen molar-refractivity contribution in [2.24, 2.45) is 0 Å². The molecule has 0 fully saturated rings. The van der Waals surface area contributed by atoms with Crippen molar-refractivity contribution in [3.63, 3.8) is 0 Å². The molecular weight excluding hydrogens is 272 g/mol. The highest BCUT2D eigenvalue weighted by Gasteiger charge is 2.22. The molecule has 0 saturated heterocycles. The maximum Gasteiger partial charge on any atom is 0.223 e. The molecule has 0 spiro atoms. The molecule has 0 radical (unpaired) electrons. The highest BCUT2D eigenvalue weighted by molar-refractivity contribution is 7.13. The van der Waals surface area contributed by atoms with Crippen LogP contribution < -0.4 is 16.0 Å². The number of amides is 1. The molecule has 1 amide bonds. The second-order valence-corrected chi connectivity index (χ2v) is 5.71. The Bertz CT molecular complexity index is 652. The number of hydrogen-bond donors (Lipinski definition) is 2. The first-order chi connectivity index (χ1) is 9.63. The molecule has 1 aromatic heterocycles. The monoisotopic (exact) mass is 288 g/mol. The van der Waals surface area contributed by atoms with Gasteiger partial charge in [-0.15, -0.1) is 11.3 Å². The van der Waals surface area contributed by atoms with Crippen molar-refractivity contribution < 1.29 is 4.79 Å². The van der Waals surface area contributed by atoms with Crippen LogP contribution in [0.2, 0.25) is 0 Å². The average Bonchev–Trinajstić information content (AvgIpc) is 2.98. The molecule has 2 heterocycles. The lowest BCUT2D eigenvalue weighted by molar-refractivity contribution is -0.114. The van der Waals surface area contributed by atoms with Gasteiger partial charge < -0.3 is 16.0 Å². The van der Waals surface area contributed by atoms with E-state index in [0.29, 0.717) is 5.13 Å². The summed E-state index contributed by atoms with van der Waals surface area (Å²) in [5.41, 5.74) is 10.3. The number of aromatic nitrogens is 1. The Morgan fingerprint density at radius 3 is 3.20 bits per heavy atom. The Morgan fingerprint density at radius 1 is 1.55 bits per heavy atom. The number of carbonyl (C=O) groups excluding carboxylic acids is 1. The van der Waals surface area contributed by atoms with E-state index in [4.69, 9.17) is 5.73 Å². The standard InChI is InChI=1S/C14H16N4OS/c1-9(19)16-14-17-11(8-20-14)7-18-6-5-10-3-2-4-12(15)13(10)18/h2-4,8H,5-7,15H2,1H3,(H,16,17,19). The van der Waals surface area contributed by atoms with E-state index in [9.17, 15) is 4.79 Å². The van der Waals surface area contributed by atoms with E-state index in [2.05, 4.69) is 21.3 Å². The molecule has 0 bridgehead atoms. The number of hydrogen-bond acceptors (Lipinski definition) is 5. The lowest BCUT2D eigenvalue weighted by atomic mass is 10.1. The largest absolute Gasteiger partial charge is 0.397 e. The molecule has 0 saturated carbocycles. The van der Waals surface area contributed by atoms with Crippen LogP contribution in [0.15, 0.2) is 23.6 Å². The number of nitrogen functional groups attached to an aromatic ring is 1. The van der Waals surface area contributed by atoms with Gasteiger partial charge in [0, 0.05) is 18.8 Å². The van der Waals surface area contributed by atoms with Gasteiger partial charge in [0.25, 0.3) is 0 Å². The molecule has 0 atom stereocenters. The minimum Gasteiger partial charge on any atom is -0.397 e. The molecule has 104 valence electrons. The van der Waals surface area contributed by atoms with Crippen molar-refractivity contribution in [3.05, 3.63) is 34.8 Å². The number of nitrogens with zero attached hydrogens (tertiary/aromatic N) is 2. The van der Waals surface area contributed by atoms with Crippen LogP contribution in [0.1, 0.15) is 18.2 Å². The summed E-state index contributed by atoms with van der Waals surface area (Å²) < 4.78 is 0. The fraction of sp³-hybridized carbons (Fsp3) is 0.286. The van der Waals surface area contributed by atoms with Gasteiger partial charge >= 0.3 is 0 Å². The number of para-hydroxylation sites is 1. The van der Waals surface area contributed by atoms with Crippen LogP contribution in [-0.4, -0.2) is 17.4 Å². The van der Waals surface area contributed by atoms with Gasteiger partial charge in [0.2, 0.25) is 5.91 Å². The van der Waals surface area contributed by atoms with Gasteiger partial charge in [-0.3, -0.25) is 4.79 Å². The summed E-state index contributed by atoms with van der Waals surface area (Å²) in [7, 11) is 0. The third-order valence-electron chi connectivity index (χ3n) is 3.31. The second-order valence-electron chi connectivity index (χ2n) is 4.85. The minimum absolute atomic E-state index is 0.0957. The summed E-state index contributed by atoms with van der Waals surface area (Å²) in [6.45, 7) is 3.16. The van der Waals surface area contributed by atoms with Gasteiger partial charge in [-0.25, -0.2) is 4.98 Å². The molecule has 1 aliphatic heterocycles. The number of carbonyl (C=O) groups is 1. The summed E-state index contributed by atoms with van der Waals surface area (Å²) in [6.07, 6.45) is 1.02. The first kappa shape index (κ1) is 12.9. The molecule has 3 rings (SSSR count). The summed E-state index contributed by atoms with van der Waals surface area (Å²) >= 11 is 1.45. The number of rotatable bonds is 3. The van der Waals surface area contributed by atoms with Gasteiger partial charge in [0.05, 0.1) is 23.6 Å². The Balaban J connectivity index is 1.77. The zero-order chi connectivity index (χ0) is 14.1. The van der Waals surface area contributed by atoms with E-state index >= 15 is 0 Å². The van der Waals surface area contributed by atoms with Crippen molar-refractivity contribution in [2.45, 2.75) is 19.9 Å². The van der Waals surface area contributed by atoms with Gasteiger partial charge in [0.1, 0.15) is 0 Å². The van der Waals surface area contributed by atoms with E-state index in [1.807, 2.05) is 17.5 Å². The van der Waals surface area contributed by atoms with Crippen LogP contribution in [0.3, 0.4) is 0 Å². The zero-order valence-electron chi connectivity index (χ0n) is 11.2. The molecule has 1 aromatic carbocycles. The number of anilines is 3. The third-order valence-corrected chi connectivity index (χ3v) is 4.11. The molecular formula is C14H16N4OS. The van der Waals surface area contributed by atoms with Crippen LogP contribution >= 0.6 is 11.3 Å². The summed E-state index contributed by atoms with van der Waals surface area (Å²) in [5.74, 6) is -0.0957. The van der Waals surface area contributed by atoms with Crippen LogP contribution in [-0.2, 0) is 17.8 Å². The van der Waals surface area contributed by atoms with Crippen LogP contribution in [0.4, 0.5) is 16.5 Å². The predicted octanol–water partition coefficient (Wildman–Crippen LogP) is 2.25. The quantitative estimate of drug-likeness (QED) is 0.850. The summed E-state index contributed by atoms with van der Waals surface area (Å²) in [4.78, 5) is 17.7. The Morgan fingerprint density at radius 2 is 2.40 bits per heavy atom. The highest BCUT2D eigenvalue weighted by Crippen LogP contribution is 2.34. The molecule has 2 aromatic rings. The van der Waals surface area contributed by atoms with Gasteiger partial charge in [-0.1, -0.05) is 12.1 Å². The third kappa shape index (κ3) is 2.46. The smallest absolute Gasteiger partial charge is 0.223 e. The second kappa shape index (κ2) is 5.13. The predicted molar refractivity (Wildman–Crippen MR) is 82.0 cm³/mol. The number of fused-ring (bicyclic) bond motifs is 1. The maximum absolute atomic E-state index is 11.0. The normalized spacial score (nSPS) is 13.3. The Kier molecular flexibility index (Phi) is 3.31. The number of benzene rings is 1. The van der Waals surface area contributed by atoms with E-state index in [0.717, 1.165) is 36.6 Å². The molecule has 0 aliphatic carbocycles. The summed E-state index contributed by atoms with van der Waals surface area (Å²) in [5, 5.41) is 5.33. The van der Waals surface area contributed by atoms with Crippen LogP contribution in [0.25, 0.3) is 0 Å². The maximum atomic E-state index is 11.0. The van der Waals surface area contributed by atoms with Crippen molar-refractivity contribution in [2.75, 3.05) is 22.5 Å². The lowest BCUT2D eigenvalue weighted by Crippen LogP contribution is -2.20. The number of thiazole rings is 1. The zero-order valence-corrected chi connectivity index (χ0v) is 12.0. The number of nitrogens with two attached hydrogens (primary N) is 1. The topological polar surface area (TPSA) is 71.2 Å². The van der Waals surface area contributed by atoms with Crippen LogP contribution in [0.5, 0.6) is 0 Å². The number of nitrogens with one attached hydrogen (secondary N) is 1. The average molecular weight is 288 g/mol. The fourth-order valence-electron chi connectivity index (χ4n) is 2.51. The van der Waals surface area contributed by atoms with Crippen molar-refractivity contribution in [3.8, 4) is 0 Å². The van der Waals surface area contributed by atoms with Gasteiger partial charge in [-0.2, -0.15) is 0 Å². The molecule has 1 aliphatic rings. The lowest BCUT2D eigenvalue weighted by Gasteiger charge is -2.19. The minimum atomic E-state index is -0.0957. The van der Waals surface area contributed by atoms with E-state index < -0.39 is 0 Å². The first-order valence-corrected chi connectivity index (χ1v) is 7.36. The fourth-order valence-corrected chi connectivity index (χ4v) is 3.25. The Labute approximate surface area is 121 Å². The van der Waals surface area contributed by atoms with E-state index in [1.54, 1.807) is 0 Å².